The Morgan fingerprint density at radius 1 is 1.03 bits per heavy atom. The predicted octanol–water partition coefficient (Wildman–Crippen LogP) is 3.76. The average molecular weight is 421 g/mol. The first kappa shape index (κ1) is 19.4. The Morgan fingerprint density at radius 3 is 2.65 bits per heavy atom. The number of anilines is 3. The molecule has 3 heterocycles. The molecule has 7 nitrogen and oxygen atoms in total. The topological polar surface area (TPSA) is 81.8 Å². The maximum atomic E-state index is 14.1. The van der Waals surface area contributed by atoms with E-state index in [0.29, 0.717) is 11.3 Å². The highest BCUT2D eigenvalue weighted by Gasteiger charge is 2.18. The third kappa shape index (κ3) is 3.79. The van der Waals surface area contributed by atoms with Gasteiger partial charge in [0.05, 0.1) is 11.1 Å². The Balaban J connectivity index is 1.59. The van der Waals surface area contributed by atoms with Crippen LogP contribution in [0.1, 0.15) is 5.56 Å². The number of H-pyrrole nitrogens is 1. The number of fused-ring (bicyclic) bond motifs is 1. The fraction of sp³-hybridized carbons (Fsp3) is 0.227. The minimum absolute atomic E-state index is 0.126. The number of nitrogens with one attached hydrogen (secondary N) is 3. The summed E-state index contributed by atoms with van der Waals surface area (Å²) in [7, 11) is 0. The molecular formula is C22H21F2N7. The van der Waals surface area contributed by atoms with Crippen molar-refractivity contribution in [3.8, 4) is 11.3 Å². The van der Waals surface area contributed by atoms with Crippen LogP contribution < -0.4 is 15.5 Å². The van der Waals surface area contributed by atoms with Crippen molar-refractivity contribution in [2.75, 3.05) is 36.4 Å². The first-order valence-electron chi connectivity index (χ1n) is 10.1. The number of piperazine rings is 1. The highest BCUT2D eigenvalue weighted by molar-refractivity contribution is 5.91. The van der Waals surface area contributed by atoms with Crippen LogP contribution in [0, 0.1) is 18.6 Å². The second kappa shape index (κ2) is 7.92. The van der Waals surface area contributed by atoms with Crippen LogP contribution in [0.4, 0.5) is 26.4 Å². The van der Waals surface area contributed by atoms with Crippen LogP contribution in [0.25, 0.3) is 22.2 Å². The SMILES string of the molecule is Cc1ccccc1-c1cc(N2CCNCC2)nc(Nc2n[nH]c3c(F)cc(F)cc23)n1. The fourth-order valence-corrected chi connectivity index (χ4v) is 3.79. The standard InChI is InChI=1S/C22H21F2N7/c1-13-4-2-3-5-15(13)18-12-19(31-8-6-25-7-9-31)27-22(26-18)28-21-16-10-14(23)11-17(24)20(16)29-30-21/h2-5,10-12,25H,6-9H2,1H3,(H2,26,27,28,29,30). The number of aromatic nitrogens is 4. The van der Waals surface area contributed by atoms with Gasteiger partial charge in [0.15, 0.2) is 11.6 Å². The summed E-state index contributed by atoms with van der Waals surface area (Å²) < 4.78 is 27.8. The molecule has 1 aliphatic rings. The third-order valence-corrected chi connectivity index (χ3v) is 5.39. The molecule has 0 amide bonds. The lowest BCUT2D eigenvalue weighted by Gasteiger charge is -2.29. The van der Waals surface area contributed by atoms with E-state index in [4.69, 9.17) is 0 Å². The van der Waals surface area contributed by atoms with E-state index in [0.717, 1.165) is 54.9 Å². The van der Waals surface area contributed by atoms with E-state index in [1.165, 1.54) is 6.07 Å². The Labute approximate surface area is 177 Å². The summed E-state index contributed by atoms with van der Waals surface area (Å²) in [6.07, 6.45) is 0. The number of hydrogen-bond donors (Lipinski definition) is 3. The molecule has 0 spiro atoms. The smallest absolute Gasteiger partial charge is 0.230 e. The summed E-state index contributed by atoms with van der Waals surface area (Å²) >= 11 is 0. The van der Waals surface area contributed by atoms with Gasteiger partial charge in [0.25, 0.3) is 0 Å². The summed E-state index contributed by atoms with van der Waals surface area (Å²) in [6, 6.07) is 12.0. The van der Waals surface area contributed by atoms with Crippen molar-refractivity contribution < 1.29 is 8.78 Å². The van der Waals surface area contributed by atoms with Crippen LogP contribution in [0.5, 0.6) is 0 Å². The molecule has 0 unspecified atom stereocenters. The van der Waals surface area contributed by atoms with Gasteiger partial charge in [-0.05, 0) is 18.6 Å². The molecule has 1 saturated heterocycles. The number of nitrogens with zero attached hydrogens (tertiary/aromatic N) is 4. The summed E-state index contributed by atoms with van der Waals surface area (Å²) in [4.78, 5) is 11.5. The van der Waals surface area contributed by atoms with E-state index in [9.17, 15) is 8.78 Å². The van der Waals surface area contributed by atoms with E-state index in [1.807, 2.05) is 37.3 Å². The van der Waals surface area contributed by atoms with Crippen LogP contribution in [-0.4, -0.2) is 46.3 Å². The molecule has 158 valence electrons. The summed E-state index contributed by atoms with van der Waals surface area (Å²) in [5, 5.41) is 13.4. The first-order chi connectivity index (χ1) is 15.1. The Hall–Kier alpha value is -3.59. The predicted molar refractivity (Wildman–Crippen MR) is 117 cm³/mol. The zero-order valence-corrected chi connectivity index (χ0v) is 16.9. The Kier molecular flexibility index (Phi) is 4.95. The van der Waals surface area contributed by atoms with Crippen molar-refractivity contribution in [1.82, 2.24) is 25.5 Å². The second-order valence-electron chi connectivity index (χ2n) is 7.49. The van der Waals surface area contributed by atoms with Crippen molar-refractivity contribution in [2.45, 2.75) is 6.92 Å². The maximum absolute atomic E-state index is 14.1. The highest BCUT2D eigenvalue weighted by Crippen LogP contribution is 2.29. The molecule has 0 bridgehead atoms. The zero-order chi connectivity index (χ0) is 21.4. The van der Waals surface area contributed by atoms with Crippen LogP contribution in [0.3, 0.4) is 0 Å². The van der Waals surface area contributed by atoms with E-state index in [2.05, 4.69) is 35.7 Å². The third-order valence-electron chi connectivity index (χ3n) is 5.39. The normalized spacial score (nSPS) is 14.2. The summed E-state index contributed by atoms with van der Waals surface area (Å²) in [5.74, 6) is -0.0134. The number of aryl methyl sites for hydroxylation is 1. The molecule has 0 aliphatic carbocycles. The minimum Gasteiger partial charge on any atom is -0.354 e. The van der Waals surface area contributed by atoms with Crippen LogP contribution in [0.2, 0.25) is 0 Å². The lowest BCUT2D eigenvalue weighted by Crippen LogP contribution is -2.44. The van der Waals surface area contributed by atoms with Gasteiger partial charge in [0, 0.05) is 43.9 Å². The molecule has 31 heavy (non-hydrogen) atoms. The zero-order valence-electron chi connectivity index (χ0n) is 16.9. The molecule has 2 aromatic heterocycles. The van der Waals surface area contributed by atoms with Crippen molar-refractivity contribution in [2.24, 2.45) is 0 Å². The largest absolute Gasteiger partial charge is 0.354 e. The molecule has 9 heteroatoms. The van der Waals surface area contributed by atoms with Gasteiger partial charge in [-0.25, -0.2) is 13.8 Å². The first-order valence-corrected chi connectivity index (χ1v) is 10.1. The Morgan fingerprint density at radius 2 is 1.84 bits per heavy atom. The van der Waals surface area contributed by atoms with Gasteiger partial charge in [0.1, 0.15) is 17.2 Å². The van der Waals surface area contributed by atoms with Crippen molar-refractivity contribution >= 4 is 28.5 Å². The van der Waals surface area contributed by atoms with Gasteiger partial charge in [-0.3, -0.25) is 5.10 Å². The molecule has 3 N–H and O–H groups in total. The number of hydrogen-bond acceptors (Lipinski definition) is 6. The monoisotopic (exact) mass is 421 g/mol. The van der Waals surface area contributed by atoms with Gasteiger partial charge in [0.2, 0.25) is 5.95 Å². The molecule has 4 aromatic rings. The molecule has 0 saturated carbocycles. The van der Waals surface area contributed by atoms with Crippen LogP contribution in [0.15, 0.2) is 42.5 Å². The van der Waals surface area contributed by atoms with Crippen LogP contribution in [-0.2, 0) is 0 Å². The Bertz CT molecular complexity index is 1250. The van der Waals surface area contributed by atoms with Crippen LogP contribution >= 0.6 is 0 Å². The van der Waals surface area contributed by atoms with Gasteiger partial charge in [-0.1, -0.05) is 24.3 Å². The quantitative estimate of drug-likeness (QED) is 0.466. The summed E-state index contributed by atoms with van der Waals surface area (Å²) in [6.45, 7) is 5.42. The highest BCUT2D eigenvalue weighted by atomic mass is 19.1. The average Bonchev–Trinajstić information content (AvgIpc) is 3.17. The van der Waals surface area contributed by atoms with E-state index >= 15 is 0 Å². The van der Waals surface area contributed by atoms with Gasteiger partial charge < -0.3 is 15.5 Å². The van der Waals surface area contributed by atoms with E-state index in [-0.39, 0.29) is 11.3 Å². The molecular weight excluding hydrogens is 400 g/mol. The van der Waals surface area contributed by atoms with Crippen molar-refractivity contribution in [1.29, 1.82) is 0 Å². The van der Waals surface area contributed by atoms with Gasteiger partial charge in [-0.2, -0.15) is 10.1 Å². The number of benzene rings is 2. The molecule has 0 radical (unpaired) electrons. The lowest BCUT2D eigenvalue weighted by atomic mass is 10.1. The molecule has 2 aromatic carbocycles. The minimum atomic E-state index is -0.702. The van der Waals surface area contributed by atoms with E-state index in [1.54, 1.807) is 0 Å². The summed E-state index contributed by atoms with van der Waals surface area (Å²) in [5.41, 5.74) is 2.98. The maximum Gasteiger partial charge on any atom is 0.230 e. The second-order valence-corrected chi connectivity index (χ2v) is 7.49. The fourth-order valence-electron chi connectivity index (χ4n) is 3.79. The molecule has 5 rings (SSSR count). The van der Waals surface area contributed by atoms with Crippen molar-refractivity contribution in [3.05, 3.63) is 59.7 Å². The number of halogens is 2. The molecule has 1 fully saturated rings. The molecule has 0 atom stereocenters. The number of rotatable bonds is 4. The van der Waals surface area contributed by atoms with E-state index < -0.39 is 11.6 Å². The lowest BCUT2D eigenvalue weighted by molar-refractivity contribution is 0.585. The van der Waals surface area contributed by atoms with Gasteiger partial charge >= 0.3 is 0 Å². The molecule has 1 aliphatic heterocycles. The van der Waals surface area contributed by atoms with Crippen molar-refractivity contribution in [3.63, 3.8) is 0 Å². The van der Waals surface area contributed by atoms with Gasteiger partial charge in [-0.15, -0.1) is 0 Å². The number of aromatic amines is 1.